The molecule has 0 saturated heterocycles. The zero-order valence-corrected chi connectivity index (χ0v) is 13.0. The van der Waals surface area contributed by atoms with E-state index in [1.54, 1.807) is 0 Å². The maximum absolute atomic E-state index is 5.94. The number of rotatable bonds is 9. The van der Waals surface area contributed by atoms with E-state index in [2.05, 4.69) is 56.9 Å². The van der Waals surface area contributed by atoms with E-state index < -0.39 is 0 Å². The quantitative estimate of drug-likeness (QED) is 0.616. The van der Waals surface area contributed by atoms with Crippen molar-refractivity contribution in [2.24, 2.45) is 0 Å². The van der Waals surface area contributed by atoms with E-state index in [0.29, 0.717) is 5.92 Å². The molecule has 1 aromatic rings. The predicted molar refractivity (Wildman–Crippen MR) is 83.0 cm³/mol. The standard InChI is InChI=1S/C17H29NO/c1-5-12-18(6-2)13-9-14-19-17-11-8-7-10-16(17)15(3)4/h7-8,10-11,15H,5-6,9,12-14H2,1-4H3. The molecule has 2 nitrogen and oxygen atoms in total. The van der Waals surface area contributed by atoms with Crippen LogP contribution in [0, 0.1) is 0 Å². The number of ether oxygens (including phenoxy) is 1. The first kappa shape index (κ1) is 16.0. The third-order valence-corrected chi connectivity index (χ3v) is 3.40. The van der Waals surface area contributed by atoms with Crippen LogP contribution < -0.4 is 4.74 Å². The Kier molecular flexibility index (Phi) is 7.57. The Morgan fingerprint density at radius 3 is 2.47 bits per heavy atom. The summed E-state index contributed by atoms with van der Waals surface area (Å²) in [6.07, 6.45) is 2.32. The minimum atomic E-state index is 0.517. The Labute approximate surface area is 118 Å². The number of nitrogens with zero attached hydrogens (tertiary/aromatic N) is 1. The van der Waals surface area contributed by atoms with Crippen LogP contribution in [0.15, 0.2) is 24.3 Å². The van der Waals surface area contributed by atoms with Crippen LogP contribution in [-0.2, 0) is 0 Å². The zero-order chi connectivity index (χ0) is 14.1. The molecule has 0 saturated carbocycles. The Balaban J connectivity index is 2.37. The van der Waals surface area contributed by atoms with Gasteiger partial charge in [-0.05, 0) is 43.5 Å². The van der Waals surface area contributed by atoms with Crippen LogP contribution in [0.2, 0.25) is 0 Å². The minimum absolute atomic E-state index is 0.517. The highest BCUT2D eigenvalue weighted by molar-refractivity contribution is 5.35. The van der Waals surface area contributed by atoms with Crippen molar-refractivity contribution in [2.45, 2.75) is 46.5 Å². The first-order valence-corrected chi connectivity index (χ1v) is 7.63. The van der Waals surface area contributed by atoms with Crippen LogP contribution in [0.25, 0.3) is 0 Å². The lowest BCUT2D eigenvalue weighted by Crippen LogP contribution is -2.26. The molecule has 0 aliphatic carbocycles. The van der Waals surface area contributed by atoms with Gasteiger partial charge < -0.3 is 9.64 Å². The topological polar surface area (TPSA) is 12.5 Å². The van der Waals surface area contributed by atoms with Crippen molar-refractivity contribution in [3.8, 4) is 5.75 Å². The minimum Gasteiger partial charge on any atom is -0.493 e. The number of para-hydroxylation sites is 1. The average Bonchev–Trinajstić information content (AvgIpc) is 2.42. The molecule has 0 heterocycles. The Morgan fingerprint density at radius 2 is 1.84 bits per heavy atom. The van der Waals surface area contributed by atoms with Crippen molar-refractivity contribution in [2.75, 3.05) is 26.2 Å². The van der Waals surface area contributed by atoms with Crippen molar-refractivity contribution in [3.63, 3.8) is 0 Å². The summed E-state index contributed by atoms with van der Waals surface area (Å²) < 4.78 is 5.94. The third kappa shape index (κ3) is 5.65. The first-order chi connectivity index (χ1) is 9.19. The summed E-state index contributed by atoms with van der Waals surface area (Å²) in [5, 5.41) is 0. The molecule has 1 rings (SSSR count). The smallest absolute Gasteiger partial charge is 0.122 e. The summed E-state index contributed by atoms with van der Waals surface area (Å²) in [7, 11) is 0. The summed E-state index contributed by atoms with van der Waals surface area (Å²) >= 11 is 0. The fraction of sp³-hybridized carbons (Fsp3) is 0.647. The molecule has 0 bridgehead atoms. The zero-order valence-electron chi connectivity index (χ0n) is 13.0. The SMILES string of the molecule is CCCN(CC)CCCOc1ccccc1C(C)C. The Bertz CT molecular complexity index is 349. The third-order valence-electron chi connectivity index (χ3n) is 3.40. The second-order valence-electron chi connectivity index (χ2n) is 5.33. The molecular formula is C17H29NO. The Morgan fingerprint density at radius 1 is 1.11 bits per heavy atom. The second kappa shape index (κ2) is 8.98. The normalized spacial score (nSPS) is 11.3. The highest BCUT2D eigenvalue weighted by Crippen LogP contribution is 2.25. The van der Waals surface area contributed by atoms with E-state index >= 15 is 0 Å². The number of hydrogen-bond acceptors (Lipinski definition) is 2. The van der Waals surface area contributed by atoms with Gasteiger partial charge >= 0.3 is 0 Å². The maximum atomic E-state index is 5.94. The maximum Gasteiger partial charge on any atom is 0.122 e. The van der Waals surface area contributed by atoms with E-state index in [0.717, 1.165) is 31.9 Å². The van der Waals surface area contributed by atoms with E-state index in [-0.39, 0.29) is 0 Å². The van der Waals surface area contributed by atoms with Crippen molar-refractivity contribution in [1.29, 1.82) is 0 Å². The fourth-order valence-corrected chi connectivity index (χ4v) is 2.30. The van der Waals surface area contributed by atoms with Gasteiger partial charge in [0.15, 0.2) is 0 Å². The van der Waals surface area contributed by atoms with Gasteiger partial charge in [0.05, 0.1) is 6.61 Å². The number of hydrogen-bond donors (Lipinski definition) is 0. The molecule has 1 aromatic carbocycles. The first-order valence-electron chi connectivity index (χ1n) is 7.63. The Hall–Kier alpha value is -1.02. The van der Waals surface area contributed by atoms with E-state index in [9.17, 15) is 0 Å². The van der Waals surface area contributed by atoms with Gasteiger partial charge in [-0.2, -0.15) is 0 Å². The monoisotopic (exact) mass is 263 g/mol. The van der Waals surface area contributed by atoms with Crippen molar-refractivity contribution >= 4 is 0 Å². The van der Waals surface area contributed by atoms with Gasteiger partial charge in [-0.1, -0.05) is 45.9 Å². The van der Waals surface area contributed by atoms with Gasteiger partial charge in [0.1, 0.15) is 5.75 Å². The van der Waals surface area contributed by atoms with E-state index in [1.807, 2.05) is 0 Å². The summed E-state index contributed by atoms with van der Waals surface area (Å²) in [5.74, 6) is 1.57. The molecule has 0 amide bonds. The van der Waals surface area contributed by atoms with E-state index in [1.165, 1.54) is 18.5 Å². The van der Waals surface area contributed by atoms with Crippen molar-refractivity contribution in [3.05, 3.63) is 29.8 Å². The molecule has 108 valence electrons. The molecule has 0 fully saturated rings. The molecule has 0 N–H and O–H groups in total. The molecule has 0 unspecified atom stereocenters. The molecule has 0 aromatic heterocycles. The molecule has 0 aliphatic heterocycles. The summed E-state index contributed by atoms with van der Waals surface area (Å²) in [6.45, 7) is 13.2. The van der Waals surface area contributed by atoms with Crippen LogP contribution in [0.3, 0.4) is 0 Å². The molecule has 19 heavy (non-hydrogen) atoms. The van der Waals surface area contributed by atoms with Crippen LogP contribution in [-0.4, -0.2) is 31.1 Å². The van der Waals surface area contributed by atoms with Crippen molar-refractivity contribution < 1.29 is 4.74 Å². The average molecular weight is 263 g/mol. The largest absolute Gasteiger partial charge is 0.493 e. The van der Waals surface area contributed by atoms with E-state index in [4.69, 9.17) is 4.74 Å². The van der Waals surface area contributed by atoms with Gasteiger partial charge in [0, 0.05) is 6.54 Å². The van der Waals surface area contributed by atoms with Gasteiger partial charge in [-0.25, -0.2) is 0 Å². The molecule has 2 heteroatoms. The lowest BCUT2D eigenvalue weighted by Gasteiger charge is -2.20. The highest BCUT2D eigenvalue weighted by Gasteiger charge is 2.07. The van der Waals surface area contributed by atoms with Gasteiger partial charge in [-0.3, -0.25) is 0 Å². The molecule has 0 aliphatic rings. The summed E-state index contributed by atoms with van der Waals surface area (Å²) in [4.78, 5) is 2.48. The lowest BCUT2D eigenvalue weighted by atomic mass is 10.0. The van der Waals surface area contributed by atoms with Crippen LogP contribution in [0.5, 0.6) is 5.75 Å². The highest BCUT2D eigenvalue weighted by atomic mass is 16.5. The van der Waals surface area contributed by atoms with Crippen LogP contribution in [0.4, 0.5) is 0 Å². The molecular weight excluding hydrogens is 234 g/mol. The van der Waals surface area contributed by atoms with Gasteiger partial charge in [0.25, 0.3) is 0 Å². The summed E-state index contributed by atoms with van der Waals surface area (Å²) in [5.41, 5.74) is 1.31. The second-order valence-corrected chi connectivity index (χ2v) is 5.33. The van der Waals surface area contributed by atoms with Crippen LogP contribution >= 0.6 is 0 Å². The fourth-order valence-electron chi connectivity index (χ4n) is 2.30. The molecule has 0 spiro atoms. The predicted octanol–water partition coefficient (Wildman–Crippen LogP) is 4.31. The van der Waals surface area contributed by atoms with Crippen molar-refractivity contribution in [1.82, 2.24) is 4.90 Å². The lowest BCUT2D eigenvalue weighted by molar-refractivity contribution is 0.240. The molecule has 0 radical (unpaired) electrons. The van der Waals surface area contributed by atoms with Gasteiger partial charge in [-0.15, -0.1) is 0 Å². The van der Waals surface area contributed by atoms with Gasteiger partial charge in [0.2, 0.25) is 0 Å². The van der Waals surface area contributed by atoms with Crippen LogP contribution in [0.1, 0.15) is 52.0 Å². The number of benzene rings is 1. The molecule has 0 atom stereocenters. The summed E-state index contributed by atoms with van der Waals surface area (Å²) in [6, 6.07) is 8.38.